The molecule has 3 aromatic rings. The molecule has 33 heavy (non-hydrogen) atoms. The molecule has 0 atom stereocenters. The maximum absolute atomic E-state index is 13.8. The zero-order chi connectivity index (χ0) is 23.4. The van der Waals surface area contributed by atoms with Crippen molar-refractivity contribution in [2.75, 3.05) is 7.11 Å². The monoisotopic (exact) mass is 483 g/mol. The number of rotatable bonds is 7. The predicted octanol–water partition coefficient (Wildman–Crippen LogP) is 6.30. The van der Waals surface area contributed by atoms with Gasteiger partial charge in [-0.1, -0.05) is 48.0 Å². The molecule has 0 bridgehead atoms. The van der Waals surface area contributed by atoms with Gasteiger partial charge in [-0.15, -0.1) is 0 Å². The van der Waals surface area contributed by atoms with Gasteiger partial charge in [0, 0.05) is 10.6 Å². The minimum absolute atomic E-state index is 0.0476. The van der Waals surface area contributed by atoms with E-state index in [9.17, 15) is 14.0 Å². The Morgan fingerprint density at radius 1 is 1.03 bits per heavy atom. The molecule has 8 heteroatoms. The Bertz CT molecular complexity index is 1230. The second kappa shape index (κ2) is 10.1. The van der Waals surface area contributed by atoms with Crippen molar-refractivity contribution in [2.45, 2.75) is 13.2 Å². The van der Waals surface area contributed by atoms with Gasteiger partial charge in [-0.25, -0.2) is 4.39 Å². The van der Waals surface area contributed by atoms with E-state index in [1.54, 1.807) is 66.7 Å². The van der Waals surface area contributed by atoms with Gasteiger partial charge in [0.1, 0.15) is 12.4 Å². The summed E-state index contributed by atoms with van der Waals surface area (Å²) in [7, 11) is 1.50. The van der Waals surface area contributed by atoms with Crippen molar-refractivity contribution in [1.82, 2.24) is 4.90 Å². The third-order valence-corrected chi connectivity index (χ3v) is 6.11. The van der Waals surface area contributed by atoms with Crippen LogP contribution in [0.1, 0.15) is 16.7 Å². The molecule has 4 rings (SSSR count). The third kappa shape index (κ3) is 5.38. The summed E-state index contributed by atoms with van der Waals surface area (Å²) >= 11 is 6.78. The van der Waals surface area contributed by atoms with Gasteiger partial charge in [0.25, 0.3) is 11.1 Å². The first-order valence-electron chi connectivity index (χ1n) is 9.98. The average Bonchev–Trinajstić information content (AvgIpc) is 3.07. The van der Waals surface area contributed by atoms with Crippen LogP contribution < -0.4 is 9.47 Å². The third-order valence-electron chi connectivity index (χ3n) is 4.95. The Morgan fingerprint density at radius 3 is 2.52 bits per heavy atom. The van der Waals surface area contributed by atoms with Crippen molar-refractivity contribution in [3.63, 3.8) is 0 Å². The van der Waals surface area contributed by atoms with Crippen molar-refractivity contribution in [1.29, 1.82) is 0 Å². The van der Waals surface area contributed by atoms with Crippen LogP contribution in [0.4, 0.5) is 9.18 Å². The van der Waals surface area contributed by atoms with Crippen LogP contribution in [0, 0.1) is 5.82 Å². The Hall–Kier alpha value is -3.29. The molecule has 0 aliphatic carbocycles. The molecule has 5 nitrogen and oxygen atoms in total. The molecule has 0 spiro atoms. The van der Waals surface area contributed by atoms with Gasteiger partial charge in [0.05, 0.1) is 18.6 Å². The molecule has 0 unspecified atom stereocenters. The van der Waals surface area contributed by atoms with Crippen molar-refractivity contribution in [2.24, 2.45) is 0 Å². The van der Waals surface area contributed by atoms with E-state index in [2.05, 4.69) is 0 Å². The number of halogens is 2. The van der Waals surface area contributed by atoms with Crippen LogP contribution in [0.25, 0.3) is 6.08 Å². The highest BCUT2D eigenvalue weighted by Gasteiger charge is 2.35. The standard InChI is InChI=1S/C25H19ClFNO4S/c1-31-22-12-17(8-11-21(22)32-15-18-4-2-3-5-20(18)27)13-23-24(29)28(25(30)33-23)14-16-6-9-19(26)10-7-16/h2-13H,14-15H2,1H3/b23-13-. The Labute approximate surface area is 199 Å². The van der Waals surface area contributed by atoms with E-state index in [1.165, 1.54) is 18.1 Å². The van der Waals surface area contributed by atoms with E-state index >= 15 is 0 Å². The van der Waals surface area contributed by atoms with Crippen LogP contribution in [0.2, 0.25) is 5.02 Å². The number of carbonyl (C=O) groups is 2. The van der Waals surface area contributed by atoms with Crippen molar-refractivity contribution in [3.8, 4) is 11.5 Å². The van der Waals surface area contributed by atoms with E-state index in [0.29, 0.717) is 32.6 Å². The van der Waals surface area contributed by atoms with Crippen LogP contribution >= 0.6 is 23.4 Å². The fourth-order valence-electron chi connectivity index (χ4n) is 3.22. The normalized spacial score (nSPS) is 14.8. The predicted molar refractivity (Wildman–Crippen MR) is 127 cm³/mol. The minimum atomic E-state index is -0.362. The van der Waals surface area contributed by atoms with Gasteiger partial charge in [0.15, 0.2) is 11.5 Å². The van der Waals surface area contributed by atoms with E-state index in [4.69, 9.17) is 21.1 Å². The van der Waals surface area contributed by atoms with Crippen LogP contribution in [-0.4, -0.2) is 23.2 Å². The largest absolute Gasteiger partial charge is 0.493 e. The number of hydrogen-bond acceptors (Lipinski definition) is 5. The molecule has 1 heterocycles. The summed E-state index contributed by atoms with van der Waals surface area (Å²) in [6.45, 7) is 0.220. The molecule has 1 aliphatic rings. The van der Waals surface area contributed by atoms with Gasteiger partial charge >= 0.3 is 0 Å². The topological polar surface area (TPSA) is 55.8 Å². The number of amides is 2. The SMILES string of the molecule is COc1cc(/C=C2\SC(=O)N(Cc3ccc(Cl)cc3)C2=O)ccc1OCc1ccccc1F. The molecule has 168 valence electrons. The first kappa shape index (κ1) is 22.9. The van der Waals surface area contributed by atoms with E-state index in [-0.39, 0.29) is 30.1 Å². The fraction of sp³-hybridized carbons (Fsp3) is 0.120. The molecule has 0 aromatic heterocycles. The lowest BCUT2D eigenvalue weighted by Crippen LogP contribution is -2.27. The number of imide groups is 1. The molecule has 1 aliphatic heterocycles. The molecular weight excluding hydrogens is 465 g/mol. The van der Waals surface area contributed by atoms with Crippen LogP contribution in [-0.2, 0) is 17.9 Å². The molecule has 0 radical (unpaired) electrons. The number of nitrogens with zero attached hydrogens (tertiary/aromatic N) is 1. The number of hydrogen-bond donors (Lipinski definition) is 0. The summed E-state index contributed by atoms with van der Waals surface area (Å²) in [6, 6.07) is 18.5. The molecule has 0 N–H and O–H groups in total. The number of thioether (sulfide) groups is 1. The van der Waals surface area contributed by atoms with Crippen molar-refractivity contribution in [3.05, 3.63) is 99.2 Å². The van der Waals surface area contributed by atoms with Crippen LogP contribution in [0.3, 0.4) is 0 Å². The summed E-state index contributed by atoms with van der Waals surface area (Å²) in [6.07, 6.45) is 1.63. The smallest absolute Gasteiger partial charge is 0.293 e. The quantitative estimate of drug-likeness (QED) is 0.369. The Kier molecular flexibility index (Phi) is 7.01. The Morgan fingerprint density at radius 2 is 1.79 bits per heavy atom. The lowest BCUT2D eigenvalue weighted by Gasteiger charge is -2.13. The molecule has 0 saturated carbocycles. The summed E-state index contributed by atoms with van der Waals surface area (Å²) < 4.78 is 25.0. The summed E-state index contributed by atoms with van der Waals surface area (Å²) in [5, 5.41) is 0.251. The lowest BCUT2D eigenvalue weighted by atomic mass is 10.1. The number of benzene rings is 3. The number of ether oxygens (including phenoxy) is 2. The number of methoxy groups -OCH3 is 1. The highest BCUT2D eigenvalue weighted by Crippen LogP contribution is 2.35. The second-order valence-electron chi connectivity index (χ2n) is 7.18. The zero-order valence-corrected chi connectivity index (χ0v) is 19.2. The molecular formula is C25H19ClFNO4S. The van der Waals surface area contributed by atoms with Gasteiger partial charge in [-0.05, 0) is 59.3 Å². The van der Waals surface area contributed by atoms with Gasteiger partial charge in [-0.2, -0.15) is 0 Å². The highest BCUT2D eigenvalue weighted by molar-refractivity contribution is 8.18. The summed E-state index contributed by atoms with van der Waals surface area (Å²) in [5.74, 6) is 0.162. The number of carbonyl (C=O) groups excluding carboxylic acids is 2. The first-order chi connectivity index (χ1) is 15.9. The molecule has 2 amide bonds. The van der Waals surface area contributed by atoms with Crippen molar-refractivity contribution >= 4 is 40.6 Å². The Balaban J connectivity index is 1.49. The summed E-state index contributed by atoms with van der Waals surface area (Å²) in [5.41, 5.74) is 1.90. The maximum Gasteiger partial charge on any atom is 0.293 e. The lowest BCUT2D eigenvalue weighted by molar-refractivity contribution is -0.123. The fourth-order valence-corrected chi connectivity index (χ4v) is 4.19. The maximum atomic E-state index is 13.8. The highest BCUT2D eigenvalue weighted by atomic mass is 35.5. The van der Waals surface area contributed by atoms with Crippen LogP contribution in [0.15, 0.2) is 71.6 Å². The van der Waals surface area contributed by atoms with Gasteiger partial charge in [-0.3, -0.25) is 14.5 Å². The summed E-state index contributed by atoms with van der Waals surface area (Å²) in [4.78, 5) is 26.7. The molecule has 1 fully saturated rings. The van der Waals surface area contributed by atoms with E-state index in [0.717, 1.165) is 17.3 Å². The van der Waals surface area contributed by atoms with Crippen LogP contribution in [0.5, 0.6) is 11.5 Å². The van der Waals surface area contributed by atoms with Crippen molar-refractivity contribution < 1.29 is 23.5 Å². The minimum Gasteiger partial charge on any atom is -0.493 e. The van der Waals surface area contributed by atoms with Gasteiger partial charge < -0.3 is 9.47 Å². The first-order valence-corrected chi connectivity index (χ1v) is 11.2. The van der Waals surface area contributed by atoms with E-state index in [1.807, 2.05) is 0 Å². The van der Waals surface area contributed by atoms with Gasteiger partial charge in [0.2, 0.25) is 0 Å². The van der Waals surface area contributed by atoms with E-state index < -0.39 is 0 Å². The zero-order valence-electron chi connectivity index (χ0n) is 17.6. The second-order valence-corrected chi connectivity index (χ2v) is 8.61. The average molecular weight is 484 g/mol. The molecule has 3 aromatic carbocycles. The molecule has 1 saturated heterocycles.